The van der Waals surface area contributed by atoms with Gasteiger partial charge in [-0.15, -0.1) is 0 Å². The van der Waals surface area contributed by atoms with Crippen LogP contribution < -0.4 is 10.2 Å². The van der Waals surface area contributed by atoms with Crippen LogP contribution in [0.1, 0.15) is 19.8 Å². The Morgan fingerprint density at radius 3 is 2.71 bits per heavy atom. The van der Waals surface area contributed by atoms with Crippen LogP contribution in [0.15, 0.2) is 18.2 Å². The van der Waals surface area contributed by atoms with Gasteiger partial charge in [0.15, 0.2) is 0 Å². The summed E-state index contributed by atoms with van der Waals surface area (Å²) in [6.07, 6.45) is 2.16. The van der Waals surface area contributed by atoms with Crippen LogP contribution in [0.3, 0.4) is 0 Å². The minimum absolute atomic E-state index is 0.516. The van der Waals surface area contributed by atoms with Crippen LogP contribution in [0.5, 0.6) is 0 Å². The van der Waals surface area contributed by atoms with E-state index in [4.69, 9.17) is 4.74 Å². The first-order valence-corrected chi connectivity index (χ1v) is 7.94. The van der Waals surface area contributed by atoms with Gasteiger partial charge in [-0.25, -0.2) is 0 Å². The van der Waals surface area contributed by atoms with Crippen molar-refractivity contribution >= 4 is 11.4 Å². The Kier molecular flexibility index (Phi) is 6.33. The maximum atomic E-state index is 5.41. The first-order chi connectivity index (χ1) is 10.2. The number of ether oxygens (including phenoxy) is 1. The molecule has 0 spiro atoms. The summed E-state index contributed by atoms with van der Waals surface area (Å²) >= 11 is 0. The van der Waals surface area contributed by atoms with Crippen molar-refractivity contribution in [2.75, 3.05) is 57.2 Å². The fraction of sp³-hybridized carbons (Fsp3) is 0.647. The first kappa shape index (κ1) is 16.1. The fourth-order valence-electron chi connectivity index (χ4n) is 2.59. The lowest BCUT2D eigenvalue weighted by molar-refractivity contribution is 0.0904. The normalized spacial score (nSPS) is 16.2. The molecule has 0 atom stereocenters. The lowest BCUT2D eigenvalue weighted by Gasteiger charge is -2.27. The maximum absolute atomic E-state index is 5.41. The highest BCUT2D eigenvalue weighted by Crippen LogP contribution is 2.21. The molecule has 1 aromatic carbocycles. The topological polar surface area (TPSA) is 27.7 Å². The standard InChI is InChI=1S/C17H28N3O/c1-4-20(11-10-19(2)3)17-7-5-6-16(14-17)18-15-8-12-21-13-9-15/h5,7,14-15,18H,4,8-13H2,1-3H3. The number of likely N-dealkylation sites (N-methyl/N-ethyl adjacent to an activating group) is 2. The summed E-state index contributed by atoms with van der Waals surface area (Å²) in [5, 5.41) is 3.59. The third-order valence-electron chi connectivity index (χ3n) is 3.93. The van der Waals surface area contributed by atoms with Crippen molar-refractivity contribution < 1.29 is 4.74 Å². The van der Waals surface area contributed by atoms with E-state index < -0.39 is 0 Å². The summed E-state index contributed by atoms with van der Waals surface area (Å²) < 4.78 is 5.41. The van der Waals surface area contributed by atoms with E-state index >= 15 is 0 Å². The SMILES string of the molecule is CCN(CCN(C)C)c1cc[c]c(NC2CCOCC2)c1. The van der Waals surface area contributed by atoms with Gasteiger partial charge in [0.1, 0.15) is 0 Å². The van der Waals surface area contributed by atoms with Gasteiger partial charge in [0.2, 0.25) is 0 Å². The van der Waals surface area contributed by atoms with E-state index in [1.165, 1.54) is 5.69 Å². The molecule has 1 N–H and O–H groups in total. The predicted molar refractivity (Wildman–Crippen MR) is 89.2 cm³/mol. The van der Waals surface area contributed by atoms with E-state index in [9.17, 15) is 0 Å². The molecule has 1 saturated heterocycles. The summed E-state index contributed by atoms with van der Waals surface area (Å²) in [6.45, 7) is 7.06. The van der Waals surface area contributed by atoms with Crippen LogP contribution in [0.4, 0.5) is 11.4 Å². The summed E-state index contributed by atoms with van der Waals surface area (Å²) in [7, 11) is 4.23. The highest BCUT2D eigenvalue weighted by atomic mass is 16.5. The molecule has 0 aromatic heterocycles. The molecule has 1 aliphatic rings. The van der Waals surface area contributed by atoms with Crippen LogP contribution in [0.25, 0.3) is 0 Å². The average Bonchev–Trinajstić information content (AvgIpc) is 2.49. The van der Waals surface area contributed by atoms with E-state index in [0.717, 1.165) is 51.4 Å². The quantitative estimate of drug-likeness (QED) is 0.835. The molecule has 1 aliphatic heterocycles. The Labute approximate surface area is 129 Å². The summed E-state index contributed by atoms with van der Waals surface area (Å²) in [6, 6.07) is 10.2. The molecule has 0 bridgehead atoms. The largest absolute Gasteiger partial charge is 0.382 e. The minimum Gasteiger partial charge on any atom is -0.382 e. The Morgan fingerprint density at radius 1 is 1.29 bits per heavy atom. The second-order valence-corrected chi connectivity index (χ2v) is 5.87. The van der Waals surface area contributed by atoms with Crippen molar-refractivity contribution in [3.05, 3.63) is 24.3 Å². The van der Waals surface area contributed by atoms with Gasteiger partial charge in [-0.2, -0.15) is 0 Å². The Bertz CT molecular complexity index is 416. The lowest BCUT2D eigenvalue weighted by Crippen LogP contribution is -2.31. The zero-order valence-electron chi connectivity index (χ0n) is 13.6. The number of hydrogen-bond acceptors (Lipinski definition) is 4. The third kappa shape index (κ3) is 5.21. The summed E-state index contributed by atoms with van der Waals surface area (Å²) in [4.78, 5) is 4.63. The number of nitrogens with zero attached hydrogens (tertiary/aromatic N) is 2. The molecule has 2 rings (SSSR count). The van der Waals surface area contributed by atoms with Crippen molar-refractivity contribution in [3.8, 4) is 0 Å². The molecule has 4 nitrogen and oxygen atoms in total. The summed E-state index contributed by atoms with van der Waals surface area (Å²) in [5.74, 6) is 0. The van der Waals surface area contributed by atoms with Crippen molar-refractivity contribution in [2.45, 2.75) is 25.8 Å². The number of rotatable bonds is 7. The molecule has 0 saturated carbocycles. The minimum atomic E-state index is 0.516. The van der Waals surface area contributed by atoms with Crippen molar-refractivity contribution in [1.29, 1.82) is 0 Å². The van der Waals surface area contributed by atoms with Crippen molar-refractivity contribution in [1.82, 2.24) is 4.90 Å². The molecule has 1 radical (unpaired) electrons. The fourth-order valence-corrected chi connectivity index (χ4v) is 2.59. The van der Waals surface area contributed by atoms with E-state index in [0.29, 0.717) is 6.04 Å². The molecular weight excluding hydrogens is 262 g/mol. The molecular formula is C17H28N3O. The van der Waals surface area contributed by atoms with Gasteiger partial charge in [-0.1, -0.05) is 6.07 Å². The second-order valence-electron chi connectivity index (χ2n) is 5.87. The molecule has 0 aliphatic carbocycles. The maximum Gasteiger partial charge on any atom is 0.0485 e. The first-order valence-electron chi connectivity index (χ1n) is 7.94. The molecule has 0 unspecified atom stereocenters. The Hall–Kier alpha value is -1.26. The second kappa shape index (κ2) is 8.25. The van der Waals surface area contributed by atoms with Gasteiger partial charge < -0.3 is 19.9 Å². The van der Waals surface area contributed by atoms with Gasteiger partial charge in [0, 0.05) is 56.3 Å². The zero-order chi connectivity index (χ0) is 15.1. The number of nitrogens with one attached hydrogen (secondary N) is 1. The van der Waals surface area contributed by atoms with Crippen LogP contribution >= 0.6 is 0 Å². The highest BCUT2D eigenvalue weighted by Gasteiger charge is 2.14. The molecule has 21 heavy (non-hydrogen) atoms. The van der Waals surface area contributed by atoms with Gasteiger partial charge in [-0.05, 0) is 46.0 Å². The predicted octanol–water partition coefficient (Wildman–Crippen LogP) is 2.47. The third-order valence-corrected chi connectivity index (χ3v) is 3.93. The zero-order valence-corrected chi connectivity index (χ0v) is 13.6. The molecule has 0 amide bonds. The molecule has 1 heterocycles. The van der Waals surface area contributed by atoms with E-state index in [1.54, 1.807) is 0 Å². The summed E-state index contributed by atoms with van der Waals surface area (Å²) in [5.41, 5.74) is 2.37. The van der Waals surface area contributed by atoms with Gasteiger partial charge >= 0.3 is 0 Å². The van der Waals surface area contributed by atoms with Crippen LogP contribution in [0, 0.1) is 6.07 Å². The van der Waals surface area contributed by atoms with E-state index in [1.807, 2.05) is 6.07 Å². The molecule has 1 fully saturated rings. The van der Waals surface area contributed by atoms with Crippen molar-refractivity contribution in [3.63, 3.8) is 0 Å². The smallest absolute Gasteiger partial charge is 0.0485 e. The van der Waals surface area contributed by atoms with Crippen LogP contribution in [0.2, 0.25) is 0 Å². The van der Waals surface area contributed by atoms with E-state index in [2.05, 4.69) is 54.3 Å². The highest BCUT2D eigenvalue weighted by molar-refractivity contribution is 5.57. The molecule has 1 aromatic rings. The average molecular weight is 290 g/mol. The number of anilines is 2. The van der Waals surface area contributed by atoms with Crippen molar-refractivity contribution in [2.24, 2.45) is 0 Å². The van der Waals surface area contributed by atoms with Gasteiger partial charge in [0.05, 0.1) is 0 Å². The monoisotopic (exact) mass is 290 g/mol. The van der Waals surface area contributed by atoms with E-state index in [-0.39, 0.29) is 0 Å². The van der Waals surface area contributed by atoms with Gasteiger partial charge in [0.25, 0.3) is 0 Å². The van der Waals surface area contributed by atoms with Crippen LogP contribution in [-0.4, -0.2) is 57.9 Å². The number of benzene rings is 1. The van der Waals surface area contributed by atoms with Gasteiger partial charge in [-0.3, -0.25) is 0 Å². The Balaban J connectivity index is 1.97. The molecule has 117 valence electrons. The lowest BCUT2D eigenvalue weighted by atomic mass is 10.1. The number of hydrogen-bond donors (Lipinski definition) is 1. The van der Waals surface area contributed by atoms with Crippen LogP contribution in [-0.2, 0) is 4.74 Å². The molecule has 4 heteroatoms. The Morgan fingerprint density at radius 2 is 2.05 bits per heavy atom.